The molecule has 0 unspecified atom stereocenters. The zero-order chi connectivity index (χ0) is 26.0. The summed E-state index contributed by atoms with van der Waals surface area (Å²) in [5, 5.41) is 30.0. The fourth-order valence-corrected chi connectivity index (χ4v) is 4.94. The molecule has 0 aromatic heterocycles. The molecule has 0 spiro atoms. The Morgan fingerprint density at radius 3 is 2.29 bits per heavy atom. The maximum absolute atomic E-state index is 12.0. The number of nitrogens with two attached hydrogens (primary N) is 1. The molecule has 3 rings (SSSR count). The van der Waals surface area contributed by atoms with Crippen LogP contribution in [-0.4, -0.2) is 36.3 Å². The van der Waals surface area contributed by atoms with Gasteiger partial charge >= 0.3 is 0 Å². The van der Waals surface area contributed by atoms with Gasteiger partial charge in [0.25, 0.3) is 20.2 Å². The van der Waals surface area contributed by atoms with Crippen molar-refractivity contribution >= 4 is 66.2 Å². The van der Waals surface area contributed by atoms with Gasteiger partial charge in [-0.05, 0) is 48.2 Å². The van der Waals surface area contributed by atoms with Crippen LogP contribution in [0.5, 0.6) is 5.75 Å². The van der Waals surface area contributed by atoms with Crippen LogP contribution in [0.3, 0.4) is 0 Å². The van der Waals surface area contributed by atoms with Crippen molar-refractivity contribution in [2.45, 2.75) is 21.6 Å². The van der Waals surface area contributed by atoms with E-state index in [0.717, 1.165) is 12.1 Å². The Balaban J connectivity index is 2.22. The van der Waals surface area contributed by atoms with Crippen LogP contribution in [0.1, 0.15) is 12.5 Å². The van der Waals surface area contributed by atoms with Gasteiger partial charge in [0.2, 0.25) is 0 Å². The summed E-state index contributed by atoms with van der Waals surface area (Å²) in [6, 6.07) is 7.26. The SMILES string of the molecule is CC=Cc1ccc(N=Nc2c(S(=O)(=O)O)cc3cc(SOOO)cc(N)c3c2O)cc1S(=O)(=O)O. The van der Waals surface area contributed by atoms with E-state index in [4.69, 9.17) is 11.0 Å². The average Bonchev–Trinajstić information content (AvgIpc) is 2.76. The third-order valence-electron chi connectivity index (χ3n) is 4.48. The summed E-state index contributed by atoms with van der Waals surface area (Å²) < 4.78 is 71.0. The third-order valence-corrected chi connectivity index (χ3v) is 6.81. The minimum absolute atomic E-state index is 0.0392. The monoisotopic (exact) mass is 543 g/mol. The van der Waals surface area contributed by atoms with Gasteiger partial charge in [0.15, 0.2) is 5.75 Å². The molecular formula is C19H17N3O10S3. The van der Waals surface area contributed by atoms with Crippen molar-refractivity contribution in [3.8, 4) is 5.75 Å². The molecule has 186 valence electrons. The van der Waals surface area contributed by atoms with Crippen molar-refractivity contribution in [3.05, 3.63) is 48.0 Å². The van der Waals surface area contributed by atoms with Gasteiger partial charge in [-0.15, -0.1) is 9.45 Å². The first-order valence-electron chi connectivity index (χ1n) is 9.24. The van der Waals surface area contributed by atoms with Gasteiger partial charge in [-0.3, -0.25) is 9.11 Å². The molecule has 0 bridgehead atoms. The summed E-state index contributed by atoms with van der Waals surface area (Å²) >= 11 is 0.526. The lowest BCUT2D eigenvalue weighted by molar-refractivity contribution is -0.432. The first-order valence-corrected chi connectivity index (χ1v) is 12.9. The number of fused-ring (bicyclic) bond motifs is 1. The number of aromatic hydroxyl groups is 1. The molecule has 3 aromatic carbocycles. The minimum Gasteiger partial charge on any atom is -0.505 e. The summed E-state index contributed by atoms with van der Waals surface area (Å²) in [7, 11) is -9.58. The smallest absolute Gasteiger partial charge is 0.296 e. The Hall–Kier alpha value is -3.09. The van der Waals surface area contributed by atoms with Crippen LogP contribution < -0.4 is 5.73 Å². The standard InChI is InChI=1S/C19H17N3O10S3/c1-2-3-10-4-5-12(8-15(10)34(25,26)27)21-22-18-16(35(28,29)30)7-11-6-13(33-32-31-24)9-14(20)17(11)19(18)23/h2-9,23-24H,20H2,1H3,(H,25,26,27)(H,28,29,30). The molecule has 0 radical (unpaired) electrons. The fourth-order valence-electron chi connectivity index (χ4n) is 3.12. The number of phenolic OH excluding ortho intramolecular Hbond substituents is 1. The van der Waals surface area contributed by atoms with E-state index >= 15 is 0 Å². The van der Waals surface area contributed by atoms with Crippen LogP contribution in [0.2, 0.25) is 0 Å². The maximum Gasteiger partial charge on any atom is 0.296 e. The molecule has 3 aromatic rings. The molecular weight excluding hydrogens is 526 g/mol. The molecule has 0 aliphatic rings. The van der Waals surface area contributed by atoms with Crippen LogP contribution in [0.4, 0.5) is 17.1 Å². The lowest BCUT2D eigenvalue weighted by atomic mass is 10.1. The Morgan fingerprint density at radius 2 is 1.69 bits per heavy atom. The highest BCUT2D eigenvalue weighted by Crippen LogP contribution is 2.45. The maximum atomic E-state index is 12.0. The first kappa shape index (κ1) is 26.5. The van der Waals surface area contributed by atoms with E-state index in [0.29, 0.717) is 12.0 Å². The summed E-state index contributed by atoms with van der Waals surface area (Å²) in [5.74, 6) is -0.743. The highest BCUT2D eigenvalue weighted by Gasteiger charge is 2.24. The van der Waals surface area contributed by atoms with Crippen LogP contribution in [0.15, 0.2) is 67.4 Å². The van der Waals surface area contributed by atoms with Crippen molar-refractivity contribution in [1.29, 1.82) is 0 Å². The minimum atomic E-state index is -4.94. The van der Waals surface area contributed by atoms with Crippen LogP contribution in [-0.2, 0) is 29.6 Å². The van der Waals surface area contributed by atoms with E-state index in [9.17, 15) is 31.0 Å². The van der Waals surface area contributed by atoms with E-state index in [1.165, 1.54) is 30.3 Å². The lowest BCUT2D eigenvalue weighted by Crippen LogP contribution is -2.00. The number of benzene rings is 3. The van der Waals surface area contributed by atoms with Crippen LogP contribution in [0, 0.1) is 0 Å². The number of nitrogen functional groups attached to an aromatic ring is 1. The second-order valence-electron chi connectivity index (χ2n) is 6.78. The number of hydrogen-bond donors (Lipinski definition) is 5. The predicted octanol–water partition coefficient (Wildman–Crippen LogP) is 4.50. The van der Waals surface area contributed by atoms with Crippen molar-refractivity contribution in [2.75, 3.05) is 5.73 Å². The topological polar surface area (TPSA) is 218 Å². The van der Waals surface area contributed by atoms with Gasteiger partial charge in [-0.2, -0.15) is 21.9 Å². The molecule has 0 aliphatic carbocycles. The largest absolute Gasteiger partial charge is 0.505 e. The quantitative estimate of drug-likeness (QED) is 0.0662. The summed E-state index contributed by atoms with van der Waals surface area (Å²) in [5.41, 5.74) is 5.28. The molecule has 0 aliphatic heterocycles. The lowest BCUT2D eigenvalue weighted by Gasteiger charge is -2.12. The first-order chi connectivity index (χ1) is 16.4. The van der Waals surface area contributed by atoms with E-state index in [2.05, 4.69) is 19.6 Å². The molecule has 6 N–H and O–H groups in total. The van der Waals surface area contributed by atoms with Crippen molar-refractivity contribution in [1.82, 2.24) is 0 Å². The molecule has 0 saturated heterocycles. The van der Waals surface area contributed by atoms with Gasteiger partial charge < -0.3 is 10.8 Å². The Bertz CT molecular complexity index is 1570. The van der Waals surface area contributed by atoms with Crippen molar-refractivity contribution in [3.63, 3.8) is 0 Å². The summed E-state index contributed by atoms with van der Waals surface area (Å²) in [4.78, 5) is -1.06. The molecule has 0 saturated carbocycles. The molecule has 0 amide bonds. The van der Waals surface area contributed by atoms with E-state index in [-0.39, 0.29) is 32.6 Å². The fraction of sp³-hybridized carbons (Fsp3) is 0.0526. The number of phenols is 1. The zero-order valence-electron chi connectivity index (χ0n) is 17.6. The Morgan fingerprint density at radius 1 is 1.00 bits per heavy atom. The molecule has 16 heteroatoms. The number of rotatable bonds is 8. The second-order valence-corrected chi connectivity index (χ2v) is 10.3. The number of anilines is 1. The Kier molecular flexibility index (Phi) is 7.77. The highest BCUT2D eigenvalue weighted by atomic mass is 32.2. The van der Waals surface area contributed by atoms with E-state index < -0.39 is 41.5 Å². The van der Waals surface area contributed by atoms with Gasteiger partial charge in [-0.1, -0.05) is 23.3 Å². The van der Waals surface area contributed by atoms with Crippen LogP contribution >= 0.6 is 12.0 Å². The van der Waals surface area contributed by atoms with Gasteiger partial charge in [0, 0.05) is 16.0 Å². The molecule has 35 heavy (non-hydrogen) atoms. The van der Waals surface area contributed by atoms with Crippen molar-refractivity contribution in [2.24, 2.45) is 10.2 Å². The number of hydrogen-bond acceptors (Lipinski definition) is 12. The van der Waals surface area contributed by atoms with Crippen molar-refractivity contribution < 1.29 is 45.7 Å². The van der Waals surface area contributed by atoms with Crippen LogP contribution in [0.25, 0.3) is 16.8 Å². The van der Waals surface area contributed by atoms with E-state index in [1.54, 1.807) is 13.0 Å². The predicted molar refractivity (Wildman–Crippen MR) is 126 cm³/mol. The van der Waals surface area contributed by atoms with E-state index in [1.807, 2.05) is 0 Å². The normalized spacial score (nSPS) is 12.8. The number of nitrogens with zero attached hydrogens (tertiary/aromatic N) is 2. The average molecular weight is 544 g/mol. The molecule has 0 heterocycles. The van der Waals surface area contributed by atoms with Gasteiger partial charge in [-0.25, -0.2) is 5.26 Å². The second kappa shape index (κ2) is 10.3. The number of allylic oxidation sites excluding steroid dienone is 1. The third kappa shape index (κ3) is 5.95. The zero-order valence-corrected chi connectivity index (χ0v) is 20.0. The summed E-state index contributed by atoms with van der Waals surface area (Å²) in [6.07, 6.45) is 2.98. The van der Waals surface area contributed by atoms with Gasteiger partial charge in [0.05, 0.1) is 17.7 Å². The van der Waals surface area contributed by atoms with Gasteiger partial charge in [0.1, 0.15) is 15.5 Å². The number of azo groups is 1. The highest BCUT2D eigenvalue weighted by molar-refractivity contribution is 7.94. The molecule has 0 fully saturated rings. The molecule has 0 atom stereocenters. The summed E-state index contributed by atoms with van der Waals surface area (Å²) in [6.45, 7) is 1.64. The molecule has 13 nitrogen and oxygen atoms in total. The Labute approximate surface area is 203 Å².